The fourth-order valence-electron chi connectivity index (χ4n) is 4.34. The first kappa shape index (κ1) is 23.1. The van der Waals surface area contributed by atoms with Crippen molar-refractivity contribution < 1.29 is 19.1 Å². The molecule has 0 bridgehead atoms. The van der Waals surface area contributed by atoms with E-state index in [9.17, 15) is 9.59 Å². The third kappa shape index (κ3) is 4.15. The van der Waals surface area contributed by atoms with E-state index in [2.05, 4.69) is 0 Å². The number of imide groups is 1. The second-order valence-corrected chi connectivity index (χ2v) is 8.37. The van der Waals surface area contributed by atoms with Crippen molar-refractivity contribution in [1.29, 1.82) is 0 Å². The lowest BCUT2D eigenvalue weighted by Gasteiger charge is -2.22. The molecular weight excluding hydrogens is 428 g/mol. The molecule has 174 valence electrons. The molecule has 0 saturated heterocycles. The van der Waals surface area contributed by atoms with Crippen molar-refractivity contribution >= 4 is 23.1 Å². The quantitative estimate of drug-likeness (QED) is 0.481. The number of likely N-dealkylation sites (N-methyl/N-ethyl adjacent to an activating group) is 1. The first-order valence-electron chi connectivity index (χ1n) is 11.0. The highest BCUT2D eigenvalue weighted by Crippen LogP contribution is 2.39. The molecule has 0 spiro atoms. The molecule has 0 N–H and O–H groups in total. The highest BCUT2D eigenvalue weighted by Gasteiger charge is 2.42. The monoisotopic (exact) mass is 456 g/mol. The Morgan fingerprint density at radius 1 is 0.824 bits per heavy atom. The van der Waals surface area contributed by atoms with Crippen LogP contribution in [0.5, 0.6) is 11.5 Å². The first-order valence-corrected chi connectivity index (χ1v) is 11.0. The molecule has 1 heterocycles. The second kappa shape index (κ2) is 9.43. The highest BCUT2D eigenvalue weighted by molar-refractivity contribution is 6.45. The maximum Gasteiger partial charge on any atom is 0.282 e. The van der Waals surface area contributed by atoms with E-state index in [0.29, 0.717) is 35.0 Å². The maximum absolute atomic E-state index is 13.8. The molecule has 0 aromatic heterocycles. The number of nitrogens with zero attached hydrogens (tertiary/aromatic N) is 2. The zero-order valence-corrected chi connectivity index (χ0v) is 20.1. The van der Waals surface area contributed by atoms with E-state index in [0.717, 1.165) is 22.3 Å². The molecule has 0 atom stereocenters. The largest absolute Gasteiger partial charge is 0.493 e. The molecule has 1 aliphatic heterocycles. The Balaban J connectivity index is 1.83. The average Bonchev–Trinajstić information content (AvgIpc) is 3.09. The standard InChI is InChI=1S/C28H28N2O4/c1-18-11-13-22(19(2)15-18)25-26(29(3)17-20-9-7-6-8-10-20)28(32)30(27(25)31)21-12-14-23(33-4)24(16-21)34-5/h6-16H,17H2,1-5H3. The van der Waals surface area contributed by atoms with Crippen molar-refractivity contribution in [2.75, 3.05) is 26.2 Å². The summed E-state index contributed by atoms with van der Waals surface area (Å²) in [6, 6.07) is 20.8. The van der Waals surface area contributed by atoms with Crippen LogP contribution in [-0.2, 0) is 16.1 Å². The van der Waals surface area contributed by atoms with Crippen LogP contribution in [-0.4, -0.2) is 38.0 Å². The zero-order chi connectivity index (χ0) is 24.4. The van der Waals surface area contributed by atoms with Gasteiger partial charge in [-0.05, 0) is 42.7 Å². The number of benzene rings is 3. The van der Waals surface area contributed by atoms with Gasteiger partial charge in [-0.3, -0.25) is 9.59 Å². The van der Waals surface area contributed by atoms with Crippen molar-refractivity contribution in [1.82, 2.24) is 4.90 Å². The van der Waals surface area contributed by atoms with E-state index in [1.165, 1.54) is 12.0 Å². The molecule has 3 aromatic carbocycles. The van der Waals surface area contributed by atoms with Crippen molar-refractivity contribution in [2.24, 2.45) is 0 Å². The van der Waals surface area contributed by atoms with Crippen LogP contribution >= 0.6 is 0 Å². The number of carbonyl (C=O) groups excluding carboxylic acids is 2. The number of hydrogen-bond donors (Lipinski definition) is 0. The van der Waals surface area contributed by atoms with Crippen LogP contribution in [0.3, 0.4) is 0 Å². The van der Waals surface area contributed by atoms with E-state index in [1.54, 1.807) is 25.3 Å². The Kier molecular flexibility index (Phi) is 6.41. The summed E-state index contributed by atoms with van der Waals surface area (Å²) in [6.45, 7) is 4.45. The summed E-state index contributed by atoms with van der Waals surface area (Å²) in [5.41, 5.74) is 5.03. The minimum Gasteiger partial charge on any atom is -0.493 e. The van der Waals surface area contributed by atoms with E-state index in [1.807, 2.05) is 74.3 Å². The molecule has 0 fully saturated rings. The molecular formula is C28H28N2O4. The Bertz CT molecular complexity index is 1280. The summed E-state index contributed by atoms with van der Waals surface area (Å²) in [4.78, 5) is 30.7. The van der Waals surface area contributed by atoms with Crippen LogP contribution in [0.15, 0.2) is 72.4 Å². The summed E-state index contributed by atoms with van der Waals surface area (Å²) in [6.07, 6.45) is 0. The van der Waals surface area contributed by atoms with Gasteiger partial charge in [0.25, 0.3) is 11.8 Å². The first-order chi connectivity index (χ1) is 16.3. The Hall–Kier alpha value is -4.06. The van der Waals surface area contributed by atoms with Gasteiger partial charge in [-0.15, -0.1) is 0 Å². The predicted octanol–water partition coefficient (Wildman–Crippen LogP) is 4.74. The molecule has 4 rings (SSSR count). The zero-order valence-electron chi connectivity index (χ0n) is 20.1. The molecule has 0 saturated carbocycles. The predicted molar refractivity (Wildman–Crippen MR) is 133 cm³/mol. The third-order valence-corrected chi connectivity index (χ3v) is 5.98. The van der Waals surface area contributed by atoms with Crippen LogP contribution < -0.4 is 14.4 Å². The fraction of sp³-hybridized carbons (Fsp3) is 0.214. The molecule has 0 radical (unpaired) electrons. The summed E-state index contributed by atoms with van der Waals surface area (Å²) < 4.78 is 10.7. The van der Waals surface area contributed by atoms with Gasteiger partial charge in [0, 0.05) is 19.7 Å². The van der Waals surface area contributed by atoms with Crippen LogP contribution in [0.1, 0.15) is 22.3 Å². The molecule has 6 heteroatoms. The van der Waals surface area contributed by atoms with Gasteiger partial charge >= 0.3 is 0 Å². The van der Waals surface area contributed by atoms with E-state index < -0.39 is 0 Å². The molecule has 34 heavy (non-hydrogen) atoms. The van der Waals surface area contributed by atoms with Crippen LogP contribution in [0.25, 0.3) is 5.57 Å². The lowest BCUT2D eigenvalue weighted by molar-refractivity contribution is -0.120. The maximum atomic E-state index is 13.8. The van der Waals surface area contributed by atoms with E-state index in [-0.39, 0.29) is 11.8 Å². The van der Waals surface area contributed by atoms with E-state index >= 15 is 0 Å². The number of anilines is 1. The van der Waals surface area contributed by atoms with Gasteiger partial charge in [-0.1, -0.05) is 54.1 Å². The molecule has 2 amide bonds. The number of amides is 2. The van der Waals surface area contributed by atoms with Gasteiger partial charge in [0.05, 0.1) is 25.5 Å². The topological polar surface area (TPSA) is 59.1 Å². The fourth-order valence-corrected chi connectivity index (χ4v) is 4.34. The molecule has 6 nitrogen and oxygen atoms in total. The number of methoxy groups -OCH3 is 2. The highest BCUT2D eigenvalue weighted by atomic mass is 16.5. The Morgan fingerprint density at radius 3 is 2.18 bits per heavy atom. The summed E-state index contributed by atoms with van der Waals surface area (Å²) in [5.74, 6) is 0.235. The number of rotatable bonds is 7. The van der Waals surface area contributed by atoms with Crippen LogP contribution in [0.2, 0.25) is 0 Å². The van der Waals surface area contributed by atoms with Crippen LogP contribution in [0.4, 0.5) is 5.69 Å². The molecule has 3 aromatic rings. The van der Waals surface area contributed by atoms with Gasteiger partial charge in [0.1, 0.15) is 5.70 Å². The summed E-state index contributed by atoms with van der Waals surface area (Å²) in [7, 11) is 4.91. The molecule has 1 aliphatic rings. The summed E-state index contributed by atoms with van der Waals surface area (Å²) >= 11 is 0. The number of ether oxygens (including phenoxy) is 2. The number of hydrogen-bond acceptors (Lipinski definition) is 5. The minimum absolute atomic E-state index is 0.362. The summed E-state index contributed by atoms with van der Waals surface area (Å²) in [5, 5.41) is 0. The van der Waals surface area contributed by atoms with Crippen molar-refractivity contribution in [2.45, 2.75) is 20.4 Å². The van der Waals surface area contributed by atoms with Gasteiger partial charge in [-0.2, -0.15) is 0 Å². The third-order valence-electron chi connectivity index (χ3n) is 5.98. The van der Waals surface area contributed by atoms with Gasteiger partial charge in [-0.25, -0.2) is 4.90 Å². The van der Waals surface area contributed by atoms with Gasteiger partial charge < -0.3 is 14.4 Å². The van der Waals surface area contributed by atoms with Gasteiger partial charge in [0.2, 0.25) is 0 Å². The van der Waals surface area contributed by atoms with Crippen molar-refractivity contribution in [3.05, 3.63) is 94.7 Å². The SMILES string of the molecule is COc1ccc(N2C(=O)C(c3ccc(C)cc3C)=C(N(C)Cc3ccccc3)C2=O)cc1OC. The minimum atomic E-state index is -0.370. The lowest BCUT2D eigenvalue weighted by atomic mass is 9.97. The van der Waals surface area contributed by atoms with Crippen molar-refractivity contribution in [3.8, 4) is 11.5 Å². The second-order valence-electron chi connectivity index (χ2n) is 8.37. The van der Waals surface area contributed by atoms with E-state index in [4.69, 9.17) is 9.47 Å². The molecule has 0 unspecified atom stereocenters. The lowest BCUT2D eigenvalue weighted by Crippen LogP contribution is -2.34. The number of carbonyl (C=O) groups is 2. The molecule has 0 aliphatic carbocycles. The smallest absolute Gasteiger partial charge is 0.282 e. The Labute approximate surface area is 200 Å². The van der Waals surface area contributed by atoms with Crippen molar-refractivity contribution in [3.63, 3.8) is 0 Å². The van der Waals surface area contributed by atoms with Crippen LogP contribution in [0, 0.1) is 13.8 Å². The number of aryl methyl sites for hydroxylation is 2. The normalized spacial score (nSPS) is 13.5. The average molecular weight is 457 g/mol. The van der Waals surface area contributed by atoms with Gasteiger partial charge in [0.15, 0.2) is 11.5 Å². The Morgan fingerprint density at radius 2 is 1.53 bits per heavy atom.